The molecule has 2 aliphatic carbocycles. The standard InChI is InChI=1S/C61H78BN3Si/c1-55(2,3)39-21-25-42(26-22-39)63-50-28-24-41(57(7,8)9)34-47(50)62-48-38-44(66(14,15)16)37-46-54(48)65(61(13)32-20-18-30-59(46,61)11)52-36-43(35-51(63)53(52)62)64-49-27-23-40(56(4,5)6)33-45(49)58(10)29-17-19-31-60(58,64)12/h21-28,33-38H,17-20,29-32H2,1-16H3. The largest absolute Gasteiger partial charge is 0.335 e. The first-order valence-electron chi connectivity index (χ1n) is 25.9. The minimum Gasteiger partial charge on any atom is -0.335 e. The van der Waals surface area contributed by atoms with Crippen molar-refractivity contribution in [3.05, 3.63) is 113 Å². The van der Waals surface area contributed by atoms with Gasteiger partial charge in [0.1, 0.15) is 0 Å². The smallest absolute Gasteiger partial charge is 0.252 e. The van der Waals surface area contributed by atoms with Crippen LogP contribution in [0.25, 0.3) is 0 Å². The van der Waals surface area contributed by atoms with Crippen molar-refractivity contribution in [2.75, 3.05) is 14.7 Å². The molecule has 2 saturated carbocycles. The fourth-order valence-corrected chi connectivity index (χ4v) is 15.5. The van der Waals surface area contributed by atoms with E-state index < -0.39 is 8.07 Å². The average molecular weight is 892 g/mol. The minimum atomic E-state index is -1.73. The third kappa shape index (κ3) is 5.86. The van der Waals surface area contributed by atoms with Gasteiger partial charge in [-0.15, -0.1) is 0 Å². The Morgan fingerprint density at radius 1 is 0.470 bits per heavy atom. The van der Waals surface area contributed by atoms with Crippen molar-refractivity contribution in [3.63, 3.8) is 0 Å². The second-order valence-corrected chi connectivity index (χ2v) is 32.1. The van der Waals surface area contributed by atoms with Gasteiger partial charge in [-0.3, -0.25) is 0 Å². The van der Waals surface area contributed by atoms with Crippen molar-refractivity contribution in [1.29, 1.82) is 0 Å². The number of nitrogens with zero attached hydrogens (tertiary/aromatic N) is 3. The van der Waals surface area contributed by atoms with Gasteiger partial charge in [-0.05, 0) is 136 Å². The highest BCUT2D eigenvalue weighted by Crippen LogP contribution is 2.65. The zero-order valence-corrected chi connectivity index (χ0v) is 44.7. The highest BCUT2D eigenvalue weighted by atomic mass is 28.3. The third-order valence-electron chi connectivity index (χ3n) is 19.0. The minimum absolute atomic E-state index is 0.0119. The maximum absolute atomic E-state index is 2.98. The lowest BCUT2D eigenvalue weighted by Crippen LogP contribution is -2.65. The summed E-state index contributed by atoms with van der Waals surface area (Å²) < 4.78 is 0. The molecule has 0 aromatic heterocycles. The van der Waals surface area contributed by atoms with E-state index in [0.717, 1.165) is 0 Å². The summed E-state index contributed by atoms with van der Waals surface area (Å²) in [6.07, 6.45) is 9.94. The fourth-order valence-electron chi connectivity index (χ4n) is 14.4. The highest BCUT2D eigenvalue weighted by molar-refractivity contribution is 7.01. The predicted octanol–water partition coefficient (Wildman–Crippen LogP) is 14.2. The molecule has 344 valence electrons. The molecule has 3 nitrogen and oxygen atoms in total. The molecule has 0 saturated heterocycles. The number of anilines is 7. The molecule has 11 rings (SSSR count). The Hall–Kier alpha value is -4.22. The molecule has 0 radical (unpaired) electrons. The molecule has 4 heterocycles. The molecule has 4 atom stereocenters. The van der Waals surface area contributed by atoms with Gasteiger partial charge in [-0.2, -0.15) is 0 Å². The van der Waals surface area contributed by atoms with Gasteiger partial charge < -0.3 is 14.7 Å². The van der Waals surface area contributed by atoms with Crippen LogP contribution in [0.3, 0.4) is 0 Å². The van der Waals surface area contributed by atoms with Gasteiger partial charge in [0, 0.05) is 50.6 Å². The molecular formula is C61H78BN3Si. The van der Waals surface area contributed by atoms with Crippen molar-refractivity contribution in [2.45, 2.75) is 199 Å². The van der Waals surface area contributed by atoms with Crippen molar-refractivity contribution in [1.82, 2.24) is 0 Å². The van der Waals surface area contributed by atoms with Gasteiger partial charge in [-0.1, -0.05) is 175 Å². The molecular weight excluding hydrogens is 814 g/mol. The summed E-state index contributed by atoms with van der Waals surface area (Å²) in [5.74, 6) is 0. The number of rotatable bonds is 3. The van der Waals surface area contributed by atoms with Crippen LogP contribution in [0.15, 0.2) is 84.9 Å². The highest BCUT2D eigenvalue weighted by Gasteiger charge is 2.63. The topological polar surface area (TPSA) is 9.72 Å². The normalized spacial score (nSPS) is 26.4. The molecule has 5 aromatic carbocycles. The van der Waals surface area contributed by atoms with Crippen LogP contribution >= 0.6 is 0 Å². The first kappa shape index (κ1) is 44.3. The summed E-state index contributed by atoms with van der Waals surface area (Å²) in [6.45, 7) is 39.7. The second-order valence-electron chi connectivity index (χ2n) is 27.0. The van der Waals surface area contributed by atoms with Crippen molar-refractivity contribution in [2.24, 2.45) is 0 Å². The molecule has 5 aromatic rings. The molecule has 4 unspecified atom stereocenters. The number of benzene rings is 5. The summed E-state index contributed by atoms with van der Waals surface area (Å²) in [4.78, 5) is 8.55. The van der Waals surface area contributed by atoms with Crippen LogP contribution in [-0.4, -0.2) is 25.9 Å². The van der Waals surface area contributed by atoms with E-state index in [-0.39, 0.29) is 44.9 Å². The first-order chi connectivity index (χ1) is 30.7. The Bertz CT molecular complexity index is 2850. The lowest BCUT2D eigenvalue weighted by molar-refractivity contribution is 0.194. The van der Waals surface area contributed by atoms with Gasteiger partial charge in [0.25, 0.3) is 6.71 Å². The van der Waals surface area contributed by atoms with Crippen LogP contribution in [0.2, 0.25) is 19.6 Å². The Balaban J connectivity index is 1.28. The zero-order chi connectivity index (χ0) is 47.1. The van der Waals surface area contributed by atoms with Crippen LogP contribution in [0.4, 0.5) is 39.8 Å². The van der Waals surface area contributed by atoms with Gasteiger partial charge in [-0.25, -0.2) is 0 Å². The van der Waals surface area contributed by atoms with Gasteiger partial charge in [0.2, 0.25) is 0 Å². The Labute approximate surface area is 400 Å². The summed E-state index contributed by atoms with van der Waals surface area (Å²) in [7, 11) is -1.73. The maximum atomic E-state index is 2.98. The summed E-state index contributed by atoms with van der Waals surface area (Å²) in [6, 6.07) is 35.7. The van der Waals surface area contributed by atoms with E-state index in [0.29, 0.717) is 0 Å². The van der Waals surface area contributed by atoms with Crippen molar-refractivity contribution >= 4 is 76.2 Å². The van der Waals surface area contributed by atoms with E-state index in [1.54, 1.807) is 21.8 Å². The van der Waals surface area contributed by atoms with E-state index in [4.69, 9.17) is 0 Å². The van der Waals surface area contributed by atoms with Crippen LogP contribution in [0.1, 0.15) is 169 Å². The van der Waals surface area contributed by atoms with E-state index in [1.165, 1.54) is 119 Å². The quantitative estimate of drug-likeness (QED) is 0.164. The average Bonchev–Trinajstić information content (AvgIpc) is 3.58. The molecule has 0 N–H and O–H groups in total. The lowest BCUT2D eigenvalue weighted by Gasteiger charge is -2.54. The molecule has 2 fully saturated rings. The molecule has 0 amide bonds. The lowest BCUT2D eigenvalue weighted by atomic mass is 9.33. The molecule has 66 heavy (non-hydrogen) atoms. The molecule has 6 aliphatic rings. The van der Waals surface area contributed by atoms with Crippen molar-refractivity contribution in [3.8, 4) is 0 Å². The Morgan fingerprint density at radius 3 is 1.58 bits per heavy atom. The third-order valence-corrected chi connectivity index (χ3v) is 21.0. The molecule has 4 aliphatic heterocycles. The first-order valence-corrected chi connectivity index (χ1v) is 29.4. The monoisotopic (exact) mass is 892 g/mol. The van der Waals surface area contributed by atoms with Crippen LogP contribution in [0, 0.1) is 0 Å². The molecule has 5 heteroatoms. The van der Waals surface area contributed by atoms with E-state index in [2.05, 4.69) is 209 Å². The fraction of sp³-hybridized carbons (Fsp3) is 0.508. The van der Waals surface area contributed by atoms with E-state index in [1.807, 2.05) is 0 Å². The van der Waals surface area contributed by atoms with E-state index >= 15 is 0 Å². The summed E-state index contributed by atoms with van der Waals surface area (Å²) in [5, 5.41) is 1.61. The summed E-state index contributed by atoms with van der Waals surface area (Å²) in [5.41, 5.74) is 21.7. The van der Waals surface area contributed by atoms with Gasteiger partial charge in [0.15, 0.2) is 0 Å². The molecule has 0 bridgehead atoms. The maximum Gasteiger partial charge on any atom is 0.252 e. The SMILES string of the molecule is CC(C)(C)c1ccc(N2c3ccc(C(C)(C)C)cc3B3c4cc([Si](C)(C)C)cc5c4N(c4cc(N6c7ccc(C(C)(C)C)cc7C7(C)CCCCC67C)cc2c43)C2(C)CCCCC52C)cc1. The van der Waals surface area contributed by atoms with E-state index in [9.17, 15) is 0 Å². The molecule has 0 spiro atoms. The van der Waals surface area contributed by atoms with Gasteiger partial charge in [0.05, 0.1) is 19.2 Å². The zero-order valence-electron chi connectivity index (χ0n) is 43.7. The summed E-state index contributed by atoms with van der Waals surface area (Å²) >= 11 is 0. The van der Waals surface area contributed by atoms with Gasteiger partial charge >= 0.3 is 0 Å². The second kappa shape index (κ2) is 13.7. The van der Waals surface area contributed by atoms with Crippen LogP contribution < -0.4 is 36.3 Å². The van der Waals surface area contributed by atoms with Crippen molar-refractivity contribution < 1.29 is 0 Å². The Kier molecular flexibility index (Phi) is 9.22. The number of hydrogen-bond donors (Lipinski definition) is 0. The van der Waals surface area contributed by atoms with Crippen LogP contribution in [-0.2, 0) is 27.1 Å². The number of hydrogen-bond acceptors (Lipinski definition) is 3. The van der Waals surface area contributed by atoms with Crippen LogP contribution in [0.5, 0.6) is 0 Å². The Morgan fingerprint density at radius 2 is 0.985 bits per heavy atom. The number of fused-ring (bicyclic) bond motifs is 10. The predicted molar refractivity (Wildman–Crippen MR) is 290 cm³/mol.